The van der Waals surface area contributed by atoms with Crippen molar-refractivity contribution in [2.75, 3.05) is 0 Å². The molecule has 0 saturated heterocycles. The summed E-state index contributed by atoms with van der Waals surface area (Å²) in [6.45, 7) is 7.40. The Hall–Kier alpha value is -2.33. The minimum absolute atomic E-state index is 0.165. The Morgan fingerprint density at radius 2 is 1.44 bits per heavy atom. The zero-order valence-electron chi connectivity index (χ0n) is 15.5. The highest BCUT2D eigenvalue weighted by molar-refractivity contribution is 5.65. The van der Waals surface area contributed by atoms with Crippen molar-refractivity contribution in [2.45, 2.75) is 51.7 Å². The van der Waals surface area contributed by atoms with Gasteiger partial charge in [0.2, 0.25) is 0 Å². The second kappa shape index (κ2) is 9.84. The molecule has 0 radical (unpaired) electrons. The number of ether oxygens (including phenoxy) is 1. The standard InChI is InChI=1S/C16H18O.C5H11NO2/c1-2-15(13-9-5-3-6-10-13)16(17)14-11-7-4-8-12-14;1-5(2,3)8-4(6)7/h3-12,15-17H,2H2,1H3;1-3H3,(H2,6,7). The fourth-order valence-electron chi connectivity index (χ4n) is 2.53. The van der Waals surface area contributed by atoms with Crippen molar-refractivity contribution < 1.29 is 14.6 Å². The number of hydrogen-bond donors (Lipinski definition) is 2. The van der Waals surface area contributed by atoms with Crippen LogP contribution in [0.5, 0.6) is 0 Å². The van der Waals surface area contributed by atoms with E-state index in [0.717, 1.165) is 12.0 Å². The molecule has 4 nitrogen and oxygen atoms in total. The van der Waals surface area contributed by atoms with E-state index in [0.29, 0.717) is 0 Å². The summed E-state index contributed by atoms with van der Waals surface area (Å²) in [5.41, 5.74) is 6.45. The molecule has 2 aromatic rings. The highest BCUT2D eigenvalue weighted by Crippen LogP contribution is 2.33. The average molecular weight is 343 g/mol. The summed E-state index contributed by atoms with van der Waals surface area (Å²) in [6, 6.07) is 20.1. The second-order valence-corrected chi connectivity index (χ2v) is 6.81. The maximum atomic E-state index is 10.4. The monoisotopic (exact) mass is 343 g/mol. The van der Waals surface area contributed by atoms with Gasteiger partial charge in [0.25, 0.3) is 0 Å². The maximum Gasteiger partial charge on any atom is 0.405 e. The van der Waals surface area contributed by atoms with Crippen LogP contribution in [0.25, 0.3) is 0 Å². The summed E-state index contributed by atoms with van der Waals surface area (Å²) in [5.74, 6) is 0.165. The summed E-state index contributed by atoms with van der Waals surface area (Å²) in [6.07, 6.45) is -0.221. The van der Waals surface area contributed by atoms with Crippen LogP contribution < -0.4 is 5.73 Å². The molecule has 0 spiro atoms. The number of primary amides is 1. The zero-order chi connectivity index (χ0) is 18.9. The van der Waals surface area contributed by atoms with Crippen LogP contribution in [-0.4, -0.2) is 16.8 Å². The predicted octanol–water partition coefficient (Wildman–Crippen LogP) is 4.79. The number of aliphatic hydroxyl groups excluding tert-OH is 1. The van der Waals surface area contributed by atoms with Gasteiger partial charge in [-0.3, -0.25) is 0 Å². The molecule has 1 amide bonds. The summed E-state index contributed by atoms with van der Waals surface area (Å²) in [5, 5.41) is 10.4. The molecule has 3 N–H and O–H groups in total. The molecule has 0 bridgehead atoms. The first-order chi connectivity index (χ1) is 11.7. The maximum absolute atomic E-state index is 10.4. The highest BCUT2D eigenvalue weighted by Gasteiger charge is 2.20. The fourth-order valence-corrected chi connectivity index (χ4v) is 2.53. The molecule has 0 aliphatic heterocycles. The summed E-state index contributed by atoms with van der Waals surface area (Å²) >= 11 is 0. The molecule has 136 valence electrons. The van der Waals surface area contributed by atoms with Crippen LogP contribution in [0.1, 0.15) is 57.3 Å². The van der Waals surface area contributed by atoms with Gasteiger partial charge in [0.15, 0.2) is 0 Å². The molecule has 0 aromatic heterocycles. The van der Waals surface area contributed by atoms with Gasteiger partial charge < -0.3 is 15.6 Å². The van der Waals surface area contributed by atoms with Gasteiger partial charge in [0, 0.05) is 5.92 Å². The number of amides is 1. The van der Waals surface area contributed by atoms with Crippen molar-refractivity contribution in [3.63, 3.8) is 0 Å². The van der Waals surface area contributed by atoms with E-state index in [1.54, 1.807) is 20.8 Å². The first kappa shape index (κ1) is 20.7. The molecule has 0 aliphatic carbocycles. The van der Waals surface area contributed by atoms with Gasteiger partial charge in [-0.15, -0.1) is 0 Å². The van der Waals surface area contributed by atoms with E-state index in [1.807, 2.05) is 48.5 Å². The van der Waals surface area contributed by atoms with Crippen LogP contribution in [0, 0.1) is 0 Å². The number of aliphatic hydroxyl groups is 1. The average Bonchev–Trinajstić information content (AvgIpc) is 2.55. The summed E-state index contributed by atoms with van der Waals surface area (Å²) in [4.78, 5) is 10.0. The second-order valence-electron chi connectivity index (χ2n) is 6.81. The Morgan fingerprint density at radius 1 is 1.00 bits per heavy atom. The Bertz CT molecular complexity index is 621. The minimum Gasteiger partial charge on any atom is -0.444 e. The largest absolute Gasteiger partial charge is 0.444 e. The Morgan fingerprint density at radius 3 is 1.76 bits per heavy atom. The fraction of sp³-hybridized carbons (Fsp3) is 0.381. The molecule has 2 rings (SSSR count). The van der Waals surface area contributed by atoms with Crippen molar-refractivity contribution in [1.82, 2.24) is 0 Å². The van der Waals surface area contributed by atoms with Crippen LogP contribution in [0.2, 0.25) is 0 Å². The lowest BCUT2D eigenvalue weighted by atomic mass is 9.87. The van der Waals surface area contributed by atoms with E-state index < -0.39 is 17.8 Å². The molecule has 4 heteroatoms. The summed E-state index contributed by atoms with van der Waals surface area (Å²) in [7, 11) is 0. The van der Waals surface area contributed by atoms with E-state index in [4.69, 9.17) is 5.73 Å². The van der Waals surface area contributed by atoms with E-state index in [9.17, 15) is 9.90 Å². The van der Waals surface area contributed by atoms with Gasteiger partial charge in [0.1, 0.15) is 5.60 Å². The van der Waals surface area contributed by atoms with Gasteiger partial charge in [-0.2, -0.15) is 0 Å². The van der Waals surface area contributed by atoms with Crippen LogP contribution in [0.15, 0.2) is 60.7 Å². The number of benzene rings is 2. The summed E-state index contributed by atoms with van der Waals surface area (Å²) < 4.78 is 4.58. The minimum atomic E-state index is -0.725. The number of hydrogen-bond acceptors (Lipinski definition) is 3. The highest BCUT2D eigenvalue weighted by atomic mass is 16.6. The lowest BCUT2D eigenvalue weighted by molar-refractivity contribution is 0.0600. The smallest absolute Gasteiger partial charge is 0.405 e. The van der Waals surface area contributed by atoms with Crippen molar-refractivity contribution in [2.24, 2.45) is 5.73 Å². The third-order valence-electron chi connectivity index (χ3n) is 3.60. The van der Waals surface area contributed by atoms with Crippen molar-refractivity contribution in [1.29, 1.82) is 0 Å². The third-order valence-corrected chi connectivity index (χ3v) is 3.60. The van der Waals surface area contributed by atoms with Crippen molar-refractivity contribution in [3.05, 3.63) is 71.8 Å². The van der Waals surface area contributed by atoms with Gasteiger partial charge in [-0.05, 0) is 38.3 Å². The molecule has 2 atom stereocenters. The van der Waals surface area contributed by atoms with Gasteiger partial charge in [-0.25, -0.2) is 4.79 Å². The molecule has 2 aromatic carbocycles. The lowest BCUT2D eigenvalue weighted by Crippen LogP contribution is -2.27. The quantitative estimate of drug-likeness (QED) is 0.838. The number of nitrogens with two attached hydrogens (primary N) is 1. The van der Waals surface area contributed by atoms with Gasteiger partial charge in [0.05, 0.1) is 6.10 Å². The number of rotatable bonds is 4. The molecule has 0 aliphatic rings. The number of carbonyl (C=O) groups is 1. The molecule has 0 heterocycles. The van der Waals surface area contributed by atoms with Crippen molar-refractivity contribution >= 4 is 6.09 Å². The molecule has 25 heavy (non-hydrogen) atoms. The van der Waals surface area contributed by atoms with Crippen LogP contribution >= 0.6 is 0 Å². The van der Waals surface area contributed by atoms with E-state index in [1.165, 1.54) is 5.56 Å². The van der Waals surface area contributed by atoms with E-state index in [-0.39, 0.29) is 5.92 Å². The van der Waals surface area contributed by atoms with Crippen LogP contribution in [-0.2, 0) is 4.74 Å². The van der Waals surface area contributed by atoms with E-state index in [2.05, 4.69) is 23.8 Å². The Kier molecular flexibility index (Phi) is 8.16. The molecule has 0 fully saturated rings. The Labute approximate surface area is 150 Å². The lowest BCUT2D eigenvalue weighted by Gasteiger charge is -2.22. The van der Waals surface area contributed by atoms with E-state index >= 15 is 0 Å². The normalized spacial score (nSPS) is 13.2. The zero-order valence-corrected chi connectivity index (χ0v) is 15.5. The molecule has 2 unspecified atom stereocenters. The van der Waals surface area contributed by atoms with Crippen LogP contribution in [0.4, 0.5) is 4.79 Å². The van der Waals surface area contributed by atoms with Gasteiger partial charge >= 0.3 is 6.09 Å². The third kappa shape index (κ3) is 7.86. The number of carbonyl (C=O) groups excluding carboxylic acids is 1. The predicted molar refractivity (Wildman–Crippen MR) is 101 cm³/mol. The van der Waals surface area contributed by atoms with Crippen molar-refractivity contribution in [3.8, 4) is 0 Å². The van der Waals surface area contributed by atoms with Gasteiger partial charge in [-0.1, -0.05) is 67.6 Å². The molecular weight excluding hydrogens is 314 g/mol. The SMILES string of the molecule is CC(C)(C)OC(N)=O.CCC(c1ccccc1)C(O)c1ccccc1. The van der Waals surface area contributed by atoms with Crippen LogP contribution in [0.3, 0.4) is 0 Å². The molecular formula is C21H29NO3. The first-order valence-electron chi connectivity index (χ1n) is 8.51. The topological polar surface area (TPSA) is 72.5 Å². The molecule has 0 saturated carbocycles. The first-order valence-corrected chi connectivity index (χ1v) is 8.51. The Balaban J connectivity index is 0.000000333.